The number of carbonyl (C=O) groups is 2. The molecule has 0 bridgehead atoms. The van der Waals surface area contributed by atoms with Crippen LogP contribution in [-0.4, -0.2) is 28.3 Å². The van der Waals surface area contributed by atoms with Crippen molar-refractivity contribution < 1.29 is 9.59 Å². The van der Waals surface area contributed by atoms with Crippen molar-refractivity contribution in [1.82, 2.24) is 15.3 Å². The van der Waals surface area contributed by atoms with Crippen molar-refractivity contribution in [2.75, 3.05) is 11.9 Å². The minimum atomic E-state index is -0.205. The third-order valence-corrected chi connectivity index (χ3v) is 5.02. The highest BCUT2D eigenvalue weighted by molar-refractivity contribution is 6.03. The van der Waals surface area contributed by atoms with Crippen LogP contribution in [0.3, 0.4) is 0 Å². The number of hydrogen-bond donors (Lipinski definition) is 3. The molecule has 6 nitrogen and oxygen atoms in total. The molecule has 3 N–H and O–H groups in total. The Kier molecular flexibility index (Phi) is 6.38. The number of nitrogens with one attached hydrogen (secondary N) is 3. The topological polar surface area (TPSA) is 86.9 Å². The van der Waals surface area contributed by atoms with Crippen molar-refractivity contribution in [1.29, 1.82) is 0 Å². The number of benzene rings is 3. The minimum Gasteiger partial charge on any atom is -0.352 e. The van der Waals surface area contributed by atoms with Gasteiger partial charge in [0.2, 0.25) is 5.91 Å². The van der Waals surface area contributed by atoms with Crippen molar-refractivity contribution in [2.24, 2.45) is 0 Å². The second kappa shape index (κ2) is 9.71. The average Bonchev–Trinajstić information content (AvgIpc) is 3.22. The molecule has 0 aliphatic heterocycles. The van der Waals surface area contributed by atoms with Crippen LogP contribution in [0.2, 0.25) is 0 Å². The summed E-state index contributed by atoms with van der Waals surface area (Å²) in [6.07, 6.45) is 1.51. The molecule has 4 aromatic rings. The zero-order chi connectivity index (χ0) is 21.5. The van der Waals surface area contributed by atoms with Gasteiger partial charge >= 0.3 is 0 Å². The molecular weight excluding hydrogens is 388 g/mol. The van der Waals surface area contributed by atoms with Gasteiger partial charge in [0.05, 0.1) is 22.3 Å². The summed E-state index contributed by atoms with van der Waals surface area (Å²) in [5.41, 5.74) is 3.96. The molecule has 0 aliphatic carbocycles. The third-order valence-electron chi connectivity index (χ3n) is 5.02. The van der Waals surface area contributed by atoms with Gasteiger partial charge in [0, 0.05) is 19.4 Å². The van der Waals surface area contributed by atoms with Crippen LogP contribution in [0.1, 0.15) is 28.2 Å². The van der Waals surface area contributed by atoms with Crippen molar-refractivity contribution in [2.45, 2.75) is 19.3 Å². The van der Waals surface area contributed by atoms with E-state index in [1.165, 1.54) is 0 Å². The molecule has 0 saturated heterocycles. The normalized spacial score (nSPS) is 10.7. The number of nitrogens with zero attached hydrogens (tertiary/aromatic N) is 1. The van der Waals surface area contributed by atoms with Crippen LogP contribution in [0.15, 0.2) is 78.9 Å². The van der Waals surface area contributed by atoms with Gasteiger partial charge in [-0.2, -0.15) is 0 Å². The Hall–Kier alpha value is -3.93. The Labute approximate surface area is 180 Å². The number of para-hydroxylation sites is 3. The molecule has 31 heavy (non-hydrogen) atoms. The molecule has 156 valence electrons. The fourth-order valence-electron chi connectivity index (χ4n) is 3.42. The molecular formula is C25H24N4O2. The number of amides is 2. The SMILES string of the molecule is O=C(CCc1nc2ccccc2[nH]1)Nc1ccccc1C(=O)NCCc1ccccc1. The first-order chi connectivity index (χ1) is 15.2. The minimum absolute atomic E-state index is 0.162. The van der Waals surface area contributed by atoms with Crippen LogP contribution in [-0.2, 0) is 17.6 Å². The number of fused-ring (bicyclic) bond motifs is 1. The number of carbonyl (C=O) groups excluding carboxylic acids is 2. The van der Waals surface area contributed by atoms with E-state index in [9.17, 15) is 9.59 Å². The van der Waals surface area contributed by atoms with Crippen molar-refractivity contribution in [3.8, 4) is 0 Å². The highest BCUT2D eigenvalue weighted by atomic mass is 16.2. The van der Waals surface area contributed by atoms with Gasteiger partial charge in [0.1, 0.15) is 5.82 Å². The summed E-state index contributed by atoms with van der Waals surface area (Å²) in [6.45, 7) is 0.525. The van der Waals surface area contributed by atoms with Crippen molar-refractivity contribution >= 4 is 28.5 Å². The highest BCUT2D eigenvalue weighted by Crippen LogP contribution is 2.16. The highest BCUT2D eigenvalue weighted by Gasteiger charge is 2.13. The molecule has 0 unspecified atom stereocenters. The Bertz CT molecular complexity index is 1150. The second-order valence-corrected chi connectivity index (χ2v) is 7.29. The second-order valence-electron chi connectivity index (χ2n) is 7.29. The predicted molar refractivity (Wildman–Crippen MR) is 122 cm³/mol. The first kappa shape index (κ1) is 20.3. The number of aromatic nitrogens is 2. The number of hydrogen-bond acceptors (Lipinski definition) is 3. The fraction of sp³-hybridized carbons (Fsp3) is 0.160. The van der Waals surface area contributed by atoms with E-state index in [1.54, 1.807) is 24.3 Å². The largest absolute Gasteiger partial charge is 0.352 e. The summed E-state index contributed by atoms with van der Waals surface area (Å²) in [7, 11) is 0. The first-order valence-electron chi connectivity index (χ1n) is 10.3. The van der Waals surface area contributed by atoms with Crippen LogP contribution in [0.5, 0.6) is 0 Å². The summed E-state index contributed by atoms with van der Waals surface area (Å²) in [5, 5.41) is 5.79. The quantitative estimate of drug-likeness (QED) is 0.407. The van der Waals surface area contributed by atoms with Crippen LogP contribution in [0.25, 0.3) is 11.0 Å². The maximum Gasteiger partial charge on any atom is 0.253 e. The molecule has 1 heterocycles. The lowest BCUT2D eigenvalue weighted by atomic mass is 10.1. The molecule has 3 aromatic carbocycles. The van der Waals surface area contributed by atoms with E-state index in [0.29, 0.717) is 24.2 Å². The number of aryl methyl sites for hydroxylation is 1. The number of aromatic amines is 1. The Balaban J connectivity index is 1.32. The van der Waals surface area contributed by atoms with E-state index < -0.39 is 0 Å². The lowest BCUT2D eigenvalue weighted by molar-refractivity contribution is -0.116. The van der Waals surface area contributed by atoms with E-state index in [-0.39, 0.29) is 18.2 Å². The van der Waals surface area contributed by atoms with Gasteiger partial charge in [-0.15, -0.1) is 0 Å². The molecule has 2 amide bonds. The maximum absolute atomic E-state index is 12.6. The molecule has 1 aromatic heterocycles. The van der Waals surface area contributed by atoms with Gasteiger partial charge in [-0.25, -0.2) is 4.98 Å². The third kappa shape index (κ3) is 5.36. The van der Waals surface area contributed by atoms with E-state index in [4.69, 9.17) is 0 Å². The van der Waals surface area contributed by atoms with E-state index in [2.05, 4.69) is 20.6 Å². The summed E-state index contributed by atoms with van der Waals surface area (Å²) in [6, 6.07) is 24.8. The predicted octanol–water partition coefficient (Wildman–Crippen LogP) is 4.11. The summed E-state index contributed by atoms with van der Waals surface area (Å²) in [4.78, 5) is 32.9. The average molecular weight is 412 g/mol. The van der Waals surface area contributed by atoms with Crippen molar-refractivity contribution in [3.05, 3.63) is 95.8 Å². The zero-order valence-electron chi connectivity index (χ0n) is 17.1. The molecule has 0 aliphatic rings. The Morgan fingerprint density at radius 2 is 1.58 bits per heavy atom. The van der Waals surface area contributed by atoms with E-state index >= 15 is 0 Å². The molecule has 6 heteroatoms. The smallest absolute Gasteiger partial charge is 0.253 e. The number of rotatable bonds is 8. The van der Waals surface area contributed by atoms with Crippen LogP contribution in [0.4, 0.5) is 5.69 Å². The van der Waals surface area contributed by atoms with Crippen molar-refractivity contribution in [3.63, 3.8) is 0 Å². The Morgan fingerprint density at radius 1 is 0.839 bits per heavy atom. The maximum atomic E-state index is 12.6. The van der Waals surface area contributed by atoms with Gasteiger partial charge in [-0.1, -0.05) is 54.6 Å². The van der Waals surface area contributed by atoms with E-state index in [1.807, 2.05) is 54.6 Å². The summed E-state index contributed by atoms with van der Waals surface area (Å²) in [5.74, 6) is 0.400. The number of H-pyrrole nitrogens is 1. The fourth-order valence-corrected chi connectivity index (χ4v) is 3.42. The molecule has 0 atom stereocenters. The Morgan fingerprint density at radius 3 is 2.42 bits per heavy atom. The van der Waals surface area contributed by atoms with Crippen LogP contribution < -0.4 is 10.6 Å². The van der Waals surface area contributed by atoms with Gasteiger partial charge < -0.3 is 15.6 Å². The standard InChI is InChI=1S/C25H24N4O2/c30-24(15-14-23-27-21-12-6-7-13-22(21)28-23)29-20-11-5-4-10-19(20)25(31)26-17-16-18-8-2-1-3-9-18/h1-13H,14-17H2,(H,26,31)(H,27,28)(H,29,30). The molecule has 0 saturated carbocycles. The van der Waals surface area contributed by atoms with Gasteiger partial charge in [-0.3, -0.25) is 9.59 Å². The first-order valence-corrected chi connectivity index (χ1v) is 10.3. The monoisotopic (exact) mass is 412 g/mol. The lowest BCUT2D eigenvalue weighted by Gasteiger charge is -2.11. The summed E-state index contributed by atoms with van der Waals surface area (Å²) >= 11 is 0. The number of anilines is 1. The van der Waals surface area contributed by atoms with Gasteiger partial charge in [0.25, 0.3) is 5.91 Å². The van der Waals surface area contributed by atoms with Crippen LogP contribution >= 0.6 is 0 Å². The molecule has 4 rings (SSSR count). The van der Waals surface area contributed by atoms with E-state index in [0.717, 1.165) is 28.8 Å². The molecule has 0 radical (unpaired) electrons. The summed E-state index contributed by atoms with van der Waals surface area (Å²) < 4.78 is 0. The van der Waals surface area contributed by atoms with Gasteiger partial charge in [-0.05, 0) is 36.2 Å². The molecule has 0 spiro atoms. The van der Waals surface area contributed by atoms with Crippen LogP contribution in [0, 0.1) is 0 Å². The molecule has 0 fully saturated rings. The zero-order valence-corrected chi connectivity index (χ0v) is 17.1. The lowest BCUT2D eigenvalue weighted by Crippen LogP contribution is -2.27. The number of imidazole rings is 1. The van der Waals surface area contributed by atoms with Gasteiger partial charge in [0.15, 0.2) is 0 Å².